The third-order valence-corrected chi connectivity index (χ3v) is 6.05. The smallest absolute Gasteiger partial charge is 0.253 e. The Morgan fingerprint density at radius 1 is 1.06 bits per heavy atom. The molecule has 6 nitrogen and oxygen atoms in total. The Morgan fingerprint density at radius 2 is 1.88 bits per heavy atom. The monoisotopic (exact) mass is 447 g/mol. The molecule has 5 rings (SSSR count). The highest BCUT2D eigenvalue weighted by atomic mass is 19.1. The highest BCUT2D eigenvalue weighted by Crippen LogP contribution is 2.28. The second kappa shape index (κ2) is 8.71. The lowest BCUT2D eigenvalue weighted by atomic mass is 10.0. The number of carbonyl (C=O) groups is 1. The van der Waals surface area contributed by atoms with Gasteiger partial charge in [0.15, 0.2) is 5.65 Å². The van der Waals surface area contributed by atoms with Crippen molar-refractivity contribution in [2.24, 2.45) is 0 Å². The number of benzene rings is 2. The quantitative estimate of drug-likeness (QED) is 0.516. The molecule has 0 atom stereocenters. The van der Waals surface area contributed by atoms with E-state index in [2.05, 4.69) is 27.1 Å². The maximum Gasteiger partial charge on any atom is 0.253 e. The Bertz CT molecular complexity index is 1330. The fourth-order valence-electron chi connectivity index (χ4n) is 4.15. The van der Waals surface area contributed by atoms with E-state index in [1.807, 2.05) is 35.2 Å². The van der Waals surface area contributed by atoms with Crippen LogP contribution >= 0.6 is 0 Å². The average Bonchev–Trinajstić information content (AvgIpc) is 3.25. The second-order valence-electron chi connectivity index (χ2n) is 8.40. The molecule has 0 saturated carbocycles. The van der Waals surface area contributed by atoms with Crippen LogP contribution < -0.4 is 0 Å². The van der Waals surface area contributed by atoms with Gasteiger partial charge in [-0.15, -0.1) is 0 Å². The summed E-state index contributed by atoms with van der Waals surface area (Å²) in [4.78, 5) is 21.5. The third kappa shape index (κ3) is 4.34. The summed E-state index contributed by atoms with van der Waals surface area (Å²) >= 11 is 0. The molecule has 1 N–H and O–H groups in total. The van der Waals surface area contributed by atoms with Gasteiger partial charge in [-0.1, -0.05) is 12.1 Å². The number of nitrogens with zero attached hydrogens (tertiary/aromatic N) is 4. The molecule has 0 aliphatic carbocycles. The zero-order valence-corrected chi connectivity index (χ0v) is 18.2. The van der Waals surface area contributed by atoms with Crippen molar-refractivity contribution in [3.05, 3.63) is 83.1 Å². The summed E-state index contributed by atoms with van der Waals surface area (Å²) in [5.41, 5.74) is 3.65. The summed E-state index contributed by atoms with van der Waals surface area (Å²) in [6.45, 7) is 3.12. The number of carbonyl (C=O) groups excluding carboxylic acids is 1. The molecule has 33 heavy (non-hydrogen) atoms. The van der Waals surface area contributed by atoms with E-state index < -0.39 is 11.6 Å². The van der Waals surface area contributed by atoms with Crippen LogP contribution in [0.2, 0.25) is 0 Å². The number of likely N-dealkylation sites (N-methyl/N-ethyl adjacent to an activating group) is 1. The molecule has 1 saturated heterocycles. The molecule has 0 unspecified atom stereocenters. The van der Waals surface area contributed by atoms with E-state index in [1.165, 1.54) is 6.07 Å². The van der Waals surface area contributed by atoms with Crippen molar-refractivity contribution < 1.29 is 13.6 Å². The molecule has 168 valence electrons. The predicted octanol–water partition coefficient (Wildman–Crippen LogP) is 3.88. The molecule has 3 heterocycles. The summed E-state index contributed by atoms with van der Waals surface area (Å²) in [7, 11) is 2.05. The van der Waals surface area contributed by atoms with E-state index >= 15 is 0 Å². The van der Waals surface area contributed by atoms with Gasteiger partial charge >= 0.3 is 0 Å². The van der Waals surface area contributed by atoms with Crippen molar-refractivity contribution in [1.82, 2.24) is 25.0 Å². The van der Waals surface area contributed by atoms with Crippen molar-refractivity contribution >= 4 is 16.9 Å². The van der Waals surface area contributed by atoms with Crippen LogP contribution in [-0.4, -0.2) is 64.1 Å². The molecule has 2 aromatic heterocycles. The first-order valence-electron chi connectivity index (χ1n) is 10.8. The Balaban J connectivity index is 1.45. The Hall–Kier alpha value is -3.65. The zero-order valence-electron chi connectivity index (χ0n) is 18.2. The Kier molecular flexibility index (Phi) is 5.60. The van der Waals surface area contributed by atoms with Crippen LogP contribution in [0.15, 0.2) is 54.7 Å². The molecule has 0 bridgehead atoms. The fraction of sp³-hybridized carbons (Fsp3) is 0.240. The summed E-state index contributed by atoms with van der Waals surface area (Å²) in [5, 5.41) is 8.09. The SMILES string of the molecule is CN1CCN(C(=O)c2cccc(-c3n[nH]c4ncc(Cc5cc(F)ccc5F)cc34)c2)CC1. The molecule has 4 aromatic rings. The minimum absolute atomic E-state index is 0.00480. The van der Waals surface area contributed by atoms with Crippen LogP contribution in [0.3, 0.4) is 0 Å². The van der Waals surface area contributed by atoms with Gasteiger partial charge in [0.05, 0.1) is 0 Å². The van der Waals surface area contributed by atoms with E-state index in [9.17, 15) is 13.6 Å². The summed E-state index contributed by atoms with van der Waals surface area (Å²) in [5.74, 6) is -0.935. The van der Waals surface area contributed by atoms with E-state index in [4.69, 9.17) is 0 Å². The number of hydrogen-bond acceptors (Lipinski definition) is 4. The lowest BCUT2D eigenvalue weighted by Gasteiger charge is -2.32. The van der Waals surface area contributed by atoms with Crippen LogP contribution in [0.1, 0.15) is 21.5 Å². The van der Waals surface area contributed by atoms with Crippen LogP contribution in [-0.2, 0) is 6.42 Å². The maximum absolute atomic E-state index is 14.1. The molecule has 8 heteroatoms. The van der Waals surface area contributed by atoms with E-state index in [0.717, 1.165) is 41.7 Å². The van der Waals surface area contributed by atoms with Gasteiger partial charge in [-0.05, 0) is 54.6 Å². The zero-order chi connectivity index (χ0) is 22.9. The number of rotatable bonds is 4. The number of aromatic amines is 1. The fourth-order valence-corrected chi connectivity index (χ4v) is 4.15. The maximum atomic E-state index is 14.1. The van der Waals surface area contributed by atoms with Gasteiger partial charge in [-0.2, -0.15) is 5.10 Å². The molecule has 0 spiro atoms. The lowest BCUT2D eigenvalue weighted by Crippen LogP contribution is -2.47. The first kappa shape index (κ1) is 21.2. The number of nitrogens with one attached hydrogen (secondary N) is 1. The number of halogens is 2. The Morgan fingerprint density at radius 3 is 2.70 bits per heavy atom. The molecule has 1 aliphatic rings. The standard InChI is InChI=1S/C25H23F2N5O/c1-31-7-9-32(10-8-31)25(33)18-4-2-3-17(13-18)23-21-12-16(15-28-24(21)30-29-23)11-19-14-20(26)5-6-22(19)27/h2-6,12-15H,7-11H2,1H3,(H,28,29,30). The topological polar surface area (TPSA) is 65.1 Å². The van der Waals surface area contributed by atoms with Crippen molar-refractivity contribution in [2.45, 2.75) is 6.42 Å². The lowest BCUT2D eigenvalue weighted by molar-refractivity contribution is 0.0664. The van der Waals surface area contributed by atoms with Gasteiger partial charge in [-0.3, -0.25) is 9.89 Å². The number of H-pyrrole nitrogens is 1. The molecular weight excluding hydrogens is 424 g/mol. The van der Waals surface area contributed by atoms with E-state index in [1.54, 1.807) is 6.20 Å². The number of pyridine rings is 1. The van der Waals surface area contributed by atoms with Crippen molar-refractivity contribution in [1.29, 1.82) is 0 Å². The minimum Gasteiger partial charge on any atom is -0.336 e. The second-order valence-corrected chi connectivity index (χ2v) is 8.40. The minimum atomic E-state index is -0.480. The molecule has 1 amide bonds. The van der Waals surface area contributed by atoms with Gasteiger partial charge in [0.25, 0.3) is 5.91 Å². The highest BCUT2D eigenvalue weighted by molar-refractivity contribution is 5.97. The summed E-state index contributed by atoms with van der Waals surface area (Å²) in [6.07, 6.45) is 1.83. The largest absolute Gasteiger partial charge is 0.336 e. The van der Waals surface area contributed by atoms with E-state index in [0.29, 0.717) is 30.0 Å². The number of fused-ring (bicyclic) bond motifs is 1. The van der Waals surface area contributed by atoms with E-state index in [-0.39, 0.29) is 17.9 Å². The third-order valence-electron chi connectivity index (χ3n) is 6.05. The predicted molar refractivity (Wildman–Crippen MR) is 122 cm³/mol. The van der Waals surface area contributed by atoms with Crippen LogP contribution in [0.25, 0.3) is 22.3 Å². The van der Waals surface area contributed by atoms with Gasteiger partial charge in [0.2, 0.25) is 0 Å². The molecule has 0 radical (unpaired) electrons. The van der Waals surface area contributed by atoms with Gasteiger partial charge < -0.3 is 9.80 Å². The first-order chi connectivity index (χ1) is 16.0. The van der Waals surface area contributed by atoms with Gasteiger partial charge in [0, 0.05) is 55.3 Å². The number of hydrogen-bond donors (Lipinski definition) is 1. The number of aromatic nitrogens is 3. The van der Waals surface area contributed by atoms with Crippen LogP contribution in [0.4, 0.5) is 8.78 Å². The molecular formula is C25H23F2N5O. The van der Waals surface area contributed by atoms with Crippen molar-refractivity contribution in [2.75, 3.05) is 33.2 Å². The Labute approximate surface area is 189 Å². The van der Waals surface area contributed by atoms with Gasteiger partial charge in [-0.25, -0.2) is 13.8 Å². The average molecular weight is 447 g/mol. The summed E-state index contributed by atoms with van der Waals surface area (Å²) in [6, 6.07) is 12.7. The van der Waals surface area contributed by atoms with Gasteiger partial charge in [0.1, 0.15) is 17.3 Å². The summed E-state index contributed by atoms with van der Waals surface area (Å²) < 4.78 is 27.7. The normalized spacial score (nSPS) is 14.7. The highest BCUT2D eigenvalue weighted by Gasteiger charge is 2.21. The first-order valence-corrected chi connectivity index (χ1v) is 10.8. The van der Waals surface area contributed by atoms with Crippen LogP contribution in [0.5, 0.6) is 0 Å². The molecule has 1 aliphatic heterocycles. The van der Waals surface area contributed by atoms with Crippen molar-refractivity contribution in [3.8, 4) is 11.3 Å². The number of amides is 1. The molecule has 1 fully saturated rings. The van der Waals surface area contributed by atoms with Crippen LogP contribution in [0, 0.1) is 11.6 Å². The molecule has 2 aromatic carbocycles. The van der Waals surface area contributed by atoms with Crippen molar-refractivity contribution in [3.63, 3.8) is 0 Å². The number of piperazine rings is 1.